The number of ether oxygens (including phenoxy) is 2. The van der Waals surface area contributed by atoms with Crippen LogP contribution in [0.5, 0.6) is 0 Å². The van der Waals surface area contributed by atoms with Gasteiger partial charge in [-0.2, -0.15) is 0 Å². The van der Waals surface area contributed by atoms with Gasteiger partial charge in [0.1, 0.15) is 12.7 Å². The lowest BCUT2D eigenvalue weighted by molar-refractivity contribution is -0.161. The predicted octanol–water partition coefficient (Wildman–Crippen LogP) is 10.3. The number of aliphatic hydroxyl groups excluding tert-OH is 2. The zero-order valence-electron chi connectivity index (χ0n) is 37.0. The number of esters is 2. The Morgan fingerprint density at radius 1 is 0.548 bits per heavy atom. The van der Waals surface area contributed by atoms with Gasteiger partial charge in [0.05, 0.1) is 25.9 Å². The monoisotopic (exact) mass is 914 g/mol. The molecule has 0 bridgehead atoms. The van der Waals surface area contributed by atoms with Crippen molar-refractivity contribution >= 4 is 27.6 Å². The van der Waals surface area contributed by atoms with Gasteiger partial charge in [0.2, 0.25) is 0 Å². The van der Waals surface area contributed by atoms with Crippen molar-refractivity contribution < 1.29 is 66.7 Å². The molecule has 14 nitrogen and oxygen atoms in total. The quantitative estimate of drug-likeness (QED) is 0.0127. The first kappa shape index (κ1) is 59.0. The molecule has 0 fully saturated rings. The molecule has 0 aromatic rings. The molecular formula is C46H76O14P2. The maximum absolute atomic E-state index is 12.6. The molecule has 0 amide bonds. The van der Waals surface area contributed by atoms with Crippen LogP contribution in [-0.4, -0.2) is 81.6 Å². The van der Waals surface area contributed by atoms with Crippen LogP contribution in [0.25, 0.3) is 0 Å². The Bertz CT molecular complexity index is 1480. The zero-order chi connectivity index (χ0) is 46.0. The van der Waals surface area contributed by atoms with Crippen LogP contribution in [0.3, 0.4) is 0 Å². The molecule has 0 heterocycles. The fourth-order valence-corrected chi connectivity index (χ4v) is 6.34. The Labute approximate surface area is 371 Å². The predicted molar refractivity (Wildman–Crippen MR) is 245 cm³/mol. The first-order valence-electron chi connectivity index (χ1n) is 22.0. The van der Waals surface area contributed by atoms with Crippen LogP contribution in [0.2, 0.25) is 0 Å². The third-order valence-corrected chi connectivity index (χ3v) is 9.98. The lowest BCUT2D eigenvalue weighted by atomic mass is 10.1. The van der Waals surface area contributed by atoms with Crippen molar-refractivity contribution in [3.63, 3.8) is 0 Å². The average molecular weight is 915 g/mol. The summed E-state index contributed by atoms with van der Waals surface area (Å²) >= 11 is 0. The lowest BCUT2D eigenvalue weighted by Gasteiger charge is -2.20. The summed E-state index contributed by atoms with van der Waals surface area (Å²) in [6, 6.07) is 0. The molecule has 4 atom stereocenters. The Balaban J connectivity index is 4.72. The summed E-state index contributed by atoms with van der Waals surface area (Å²) in [6.07, 6.45) is 44.6. The van der Waals surface area contributed by atoms with Gasteiger partial charge in [-0.25, -0.2) is 9.13 Å². The standard InChI is InChI=1S/C46H76O14P2/c1-3-5-7-8-9-10-11-12-13-14-15-16-17-18-19-22-26-29-33-37-46(50)60-44(41-59-62(54,55)58-39-43(48)38-57-61(51,52)53)40-56-45(49)36-32-28-25-23-20-21-24-27-31-35-42(47)34-30-6-4-2/h6,9-10,12-13,15-16,18-19,24,26-27,29-31,35,42-44,47-48H,3-5,7-8,11,14,17,20-23,25,28,32-34,36-41H2,1-2H3,(H,54,55)(H2,51,52,53)/b10-9-,13-12-,16-15-,19-18-,27-24+,29-26-,30-6+,35-31+/t42?,43-,44+/m0/s1. The van der Waals surface area contributed by atoms with E-state index in [-0.39, 0.29) is 12.8 Å². The Morgan fingerprint density at radius 2 is 1.10 bits per heavy atom. The van der Waals surface area contributed by atoms with Crippen LogP contribution in [0, 0.1) is 0 Å². The highest BCUT2D eigenvalue weighted by atomic mass is 31.2. The van der Waals surface area contributed by atoms with Gasteiger partial charge in [-0.3, -0.25) is 23.2 Å². The molecule has 62 heavy (non-hydrogen) atoms. The SMILES string of the molecule is CC/C=C/CC(O)/C=C/C=C/CCCCCCCC(=O)OC[C@H](COP(=O)(O)OC[C@@H](O)COP(=O)(O)O)OC(=O)CC/C=C\C/C=C\C/C=C\C/C=C\C/C=C\CCCCC. The van der Waals surface area contributed by atoms with Gasteiger partial charge in [0.25, 0.3) is 0 Å². The molecule has 0 aliphatic heterocycles. The molecule has 0 aliphatic rings. The van der Waals surface area contributed by atoms with E-state index in [0.717, 1.165) is 64.2 Å². The topological polar surface area (TPSA) is 216 Å². The molecule has 0 aromatic heterocycles. The average Bonchev–Trinajstić information content (AvgIpc) is 3.23. The number of allylic oxidation sites excluding steroid dienone is 14. The molecule has 0 saturated heterocycles. The number of hydrogen-bond acceptors (Lipinski definition) is 11. The summed E-state index contributed by atoms with van der Waals surface area (Å²) in [5.41, 5.74) is 0. The summed E-state index contributed by atoms with van der Waals surface area (Å²) < 4.78 is 47.6. The van der Waals surface area contributed by atoms with Crippen molar-refractivity contribution in [2.45, 2.75) is 154 Å². The van der Waals surface area contributed by atoms with Gasteiger partial charge in [0, 0.05) is 12.8 Å². The molecule has 0 aliphatic carbocycles. The smallest absolute Gasteiger partial charge is 0.462 e. The Hall–Kier alpha value is -3.00. The van der Waals surface area contributed by atoms with Crippen LogP contribution in [0.1, 0.15) is 136 Å². The zero-order valence-corrected chi connectivity index (χ0v) is 38.8. The first-order chi connectivity index (χ1) is 29.8. The van der Waals surface area contributed by atoms with Gasteiger partial charge in [-0.1, -0.05) is 143 Å². The summed E-state index contributed by atoms with van der Waals surface area (Å²) in [7, 11) is -9.73. The highest BCUT2D eigenvalue weighted by molar-refractivity contribution is 7.47. The number of aliphatic hydroxyl groups is 2. The Kier molecular flexibility index (Phi) is 38.8. The van der Waals surface area contributed by atoms with Crippen LogP contribution in [-0.2, 0) is 41.8 Å². The lowest BCUT2D eigenvalue weighted by Crippen LogP contribution is -2.29. The van der Waals surface area contributed by atoms with Crippen molar-refractivity contribution in [2.24, 2.45) is 0 Å². The van der Waals surface area contributed by atoms with E-state index in [9.17, 15) is 33.8 Å². The fraction of sp³-hybridized carbons (Fsp3) is 0.609. The van der Waals surface area contributed by atoms with Crippen molar-refractivity contribution in [1.82, 2.24) is 0 Å². The van der Waals surface area contributed by atoms with Crippen LogP contribution >= 0.6 is 15.6 Å². The third kappa shape index (κ3) is 43.6. The molecule has 16 heteroatoms. The minimum atomic E-state index is -4.88. The highest BCUT2D eigenvalue weighted by Gasteiger charge is 2.28. The third-order valence-electron chi connectivity index (χ3n) is 8.54. The molecule has 0 radical (unpaired) electrons. The Morgan fingerprint density at radius 3 is 1.73 bits per heavy atom. The van der Waals surface area contributed by atoms with E-state index in [1.54, 1.807) is 6.08 Å². The van der Waals surface area contributed by atoms with Gasteiger partial charge < -0.3 is 34.4 Å². The number of hydrogen-bond donors (Lipinski definition) is 5. The van der Waals surface area contributed by atoms with E-state index in [1.807, 2.05) is 49.5 Å². The summed E-state index contributed by atoms with van der Waals surface area (Å²) in [5.74, 6) is -1.19. The van der Waals surface area contributed by atoms with Gasteiger partial charge in [-0.05, 0) is 77.0 Å². The second-order valence-electron chi connectivity index (χ2n) is 14.4. The van der Waals surface area contributed by atoms with Crippen molar-refractivity contribution in [3.8, 4) is 0 Å². The molecule has 2 unspecified atom stereocenters. The second kappa shape index (κ2) is 40.8. The molecule has 354 valence electrons. The highest BCUT2D eigenvalue weighted by Crippen LogP contribution is 2.43. The van der Waals surface area contributed by atoms with Crippen molar-refractivity contribution in [3.05, 3.63) is 97.2 Å². The second-order valence-corrected chi connectivity index (χ2v) is 17.1. The van der Waals surface area contributed by atoms with E-state index in [0.29, 0.717) is 25.7 Å². The number of phosphoric ester groups is 2. The molecule has 0 spiro atoms. The van der Waals surface area contributed by atoms with E-state index in [2.05, 4.69) is 64.6 Å². The van der Waals surface area contributed by atoms with E-state index in [4.69, 9.17) is 23.8 Å². The van der Waals surface area contributed by atoms with E-state index in [1.165, 1.54) is 19.3 Å². The number of unbranched alkanes of at least 4 members (excludes halogenated alkanes) is 8. The van der Waals surface area contributed by atoms with E-state index >= 15 is 0 Å². The molecule has 0 rings (SSSR count). The van der Waals surface area contributed by atoms with E-state index < -0.39 is 72.3 Å². The van der Waals surface area contributed by atoms with Gasteiger partial charge in [-0.15, -0.1) is 0 Å². The number of phosphoric acid groups is 2. The largest absolute Gasteiger partial charge is 0.472 e. The molecule has 0 aromatic carbocycles. The number of carbonyl (C=O) groups is 2. The van der Waals surface area contributed by atoms with Crippen LogP contribution in [0.4, 0.5) is 0 Å². The first-order valence-corrected chi connectivity index (χ1v) is 25.1. The van der Waals surface area contributed by atoms with Crippen LogP contribution < -0.4 is 0 Å². The minimum absolute atomic E-state index is 0.0127. The minimum Gasteiger partial charge on any atom is -0.462 e. The number of rotatable bonds is 40. The van der Waals surface area contributed by atoms with Crippen molar-refractivity contribution in [1.29, 1.82) is 0 Å². The molecular weight excluding hydrogens is 838 g/mol. The maximum Gasteiger partial charge on any atom is 0.472 e. The van der Waals surface area contributed by atoms with Crippen LogP contribution in [0.15, 0.2) is 97.2 Å². The summed E-state index contributed by atoms with van der Waals surface area (Å²) in [4.78, 5) is 52.7. The van der Waals surface area contributed by atoms with Gasteiger partial charge in [0.15, 0.2) is 6.10 Å². The number of carbonyl (C=O) groups excluding carboxylic acids is 2. The summed E-state index contributed by atoms with van der Waals surface area (Å²) in [6.45, 7) is 1.38. The molecule has 5 N–H and O–H groups in total. The summed E-state index contributed by atoms with van der Waals surface area (Å²) in [5, 5.41) is 19.6. The maximum atomic E-state index is 12.6. The normalized spacial score (nSPS) is 15.4. The molecule has 0 saturated carbocycles. The van der Waals surface area contributed by atoms with Crippen molar-refractivity contribution in [2.75, 3.05) is 26.4 Å². The van der Waals surface area contributed by atoms with Gasteiger partial charge >= 0.3 is 27.6 Å². The fourth-order valence-electron chi connectivity index (χ4n) is 5.19.